The number of hydrogen-bond acceptors (Lipinski definition) is 5. The zero-order valence-electron chi connectivity index (χ0n) is 16.4. The van der Waals surface area contributed by atoms with Crippen LogP contribution in [0.4, 0.5) is 0 Å². The van der Waals surface area contributed by atoms with Gasteiger partial charge in [-0.1, -0.05) is 13.3 Å². The largest absolute Gasteiger partial charge is 0.466 e. The van der Waals surface area contributed by atoms with E-state index in [4.69, 9.17) is 4.74 Å². The molecule has 1 saturated heterocycles. The molecular formula is C21H26N2O5. The van der Waals surface area contributed by atoms with Gasteiger partial charge in [0.05, 0.1) is 23.7 Å². The molecule has 7 heteroatoms. The van der Waals surface area contributed by atoms with Crippen molar-refractivity contribution in [1.82, 2.24) is 9.80 Å². The van der Waals surface area contributed by atoms with Gasteiger partial charge < -0.3 is 9.64 Å². The van der Waals surface area contributed by atoms with Gasteiger partial charge in [-0.05, 0) is 44.4 Å². The number of piperidine rings is 1. The van der Waals surface area contributed by atoms with Gasteiger partial charge in [-0.2, -0.15) is 0 Å². The van der Waals surface area contributed by atoms with Crippen LogP contribution >= 0.6 is 0 Å². The predicted octanol–water partition coefficient (Wildman–Crippen LogP) is 2.50. The summed E-state index contributed by atoms with van der Waals surface area (Å²) in [6.07, 6.45) is 2.78. The second kappa shape index (κ2) is 8.54. The third kappa shape index (κ3) is 3.79. The van der Waals surface area contributed by atoms with Crippen molar-refractivity contribution in [2.75, 3.05) is 26.2 Å². The molecule has 1 aromatic rings. The first-order valence-electron chi connectivity index (χ1n) is 9.94. The fourth-order valence-corrected chi connectivity index (χ4v) is 3.70. The molecule has 1 aromatic carbocycles. The molecule has 3 rings (SSSR count). The van der Waals surface area contributed by atoms with Crippen LogP contribution in [0.15, 0.2) is 18.2 Å². The molecule has 7 nitrogen and oxygen atoms in total. The number of hydrogen-bond donors (Lipinski definition) is 0. The first-order chi connectivity index (χ1) is 13.5. The molecule has 1 fully saturated rings. The van der Waals surface area contributed by atoms with Gasteiger partial charge in [0, 0.05) is 25.2 Å². The summed E-state index contributed by atoms with van der Waals surface area (Å²) in [5, 5.41) is 0. The maximum Gasteiger partial charge on any atom is 0.309 e. The van der Waals surface area contributed by atoms with Crippen molar-refractivity contribution in [3.05, 3.63) is 34.9 Å². The number of esters is 1. The van der Waals surface area contributed by atoms with E-state index >= 15 is 0 Å². The van der Waals surface area contributed by atoms with E-state index in [1.165, 1.54) is 11.0 Å². The predicted molar refractivity (Wildman–Crippen MR) is 102 cm³/mol. The lowest BCUT2D eigenvalue weighted by molar-refractivity contribution is -0.149. The number of fused-ring (bicyclic) bond motifs is 1. The second-order valence-corrected chi connectivity index (χ2v) is 7.19. The number of amides is 3. The number of imide groups is 1. The highest BCUT2D eigenvalue weighted by molar-refractivity contribution is 6.22. The molecule has 0 unspecified atom stereocenters. The summed E-state index contributed by atoms with van der Waals surface area (Å²) >= 11 is 0. The smallest absolute Gasteiger partial charge is 0.309 e. The molecule has 0 atom stereocenters. The van der Waals surface area contributed by atoms with E-state index < -0.39 is 0 Å². The molecule has 0 saturated carbocycles. The lowest BCUT2D eigenvalue weighted by Crippen LogP contribution is -2.40. The molecule has 0 aromatic heterocycles. The van der Waals surface area contributed by atoms with Crippen LogP contribution in [0.5, 0.6) is 0 Å². The van der Waals surface area contributed by atoms with Crippen molar-refractivity contribution in [3.8, 4) is 0 Å². The number of carbonyl (C=O) groups is 4. The van der Waals surface area contributed by atoms with Crippen LogP contribution in [-0.2, 0) is 9.53 Å². The van der Waals surface area contributed by atoms with Crippen LogP contribution < -0.4 is 0 Å². The molecule has 3 amide bonds. The average Bonchev–Trinajstić information content (AvgIpc) is 2.95. The van der Waals surface area contributed by atoms with Crippen molar-refractivity contribution >= 4 is 23.7 Å². The molecule has 0 radical (unpaired) electrons. The number of likely N-dealkylation sites (tertiary alicyclic amines) is 1. The monoisotopic (exact) mass is 386 g/mol. The van der Waals surface area contributed by atoms with E-state index in [1.807, 2.05) is 6.92 Å². The average molecular weight is 386 g/mol. The lowest BCUT2D eigenvalue weighted by Gasteiger charge is -2.31. The van der Waals surface area contributed by atoms with E-state index in [2.05, 4.69) is 0 Å². The van der Waals surface area contributed by atoms with E-state index in [0.29, 0.717) is 55.8 Å². The van der Waals surface area contributed by atoms with Crippen molar-refractivity contribution < 1.29 is 23.9 Å². The highest BCUT2D eigenvalue weighted by Crippen LogP contribution is 2.26. The second-order valence-electron chi connectivity index (χ2n) is 7.19. The molecule has 28 heavy (non-hydrogen) atoms. The summed E-state index contributed by atoms with van der Waals surface area (Å²) in [7, 11) is 0. The molecule has 2 aliphatic heterocycles. The fraction of sp³-hybridized carbons (Fsp3) is 0.524. The first kappa shape index (κ1) is 20.0. The Morgan fingerprint density at radius 2 is 1.75 bits per heavy atom. The third-order valence-corrected chi connectivity index (χ3v) is 5.36. The lowest BCUT2D eigenvalue weighted by atomic mass is 9.96. The normalized spacial score (nSPS) is 17.1. The minimum atomic E-state index is -0.330. The van der Waals surface area contributed by atoms with E-state index in [-0.39, 0.29) is 29.6 Å². The molecule has 0 aliphatic carbocycles. The van der Waals surface area contributed by atoms with Crippen LogP contribution in [0.2, 0.25) is 0 Å². The van der Waals surface area contributed by atoms with Gasteiger partial charge in [0.15, 0.2) is 0 Å². The van der Waals surface area contributed by atoms with Crippen LogP contribution in [0.25, 0.3) is 0 Å². The Morgan fingerprint density at radius 1 is 1.07 bits per heavy atom. The Labute approximate surface area is 164 Å². The summed E-state index contributed by atoms with van der Waals surface area (Å²) in [4.78, 5) is 52.6. The molecule has 2 aliphatic rings. The van der Waals surface area contributed by atoms with Crippen molar-refractivity contribution in [3.63, 3.8) is 0 Å². The molecule has 2 heterocycles. The summed E-state index contributed by atoms with van der Waals surface area (Å²) in [6, 6.07) is 4.70. The Bertz CT molecular complexity index is 796. The van der Waals surface area contributed by atoms with Gasteiger partial charge in [0.2, 0.25) is 0 Å². The number of nitrogens with zero attached hydrogens (tertiary/aromatic N) is 2. The van der Waals surface area contributed by atoms with Gasteiger partial charge in [-0.15, -0.1) is 0 Å². The highest BCUT2D eigenvalue weighted by Gasteiger charge is 2.36. The number of ether oxygens (including phenoxy) is 1. The zero-order valence-corrected chi connectivity index (χ0v) is 16.4. The van der Waals surface area contributed by atoms with Crippen LogP contribution in [0.3, 0.4) is 0 Å². The molecule has 0 spiro atoms. The molecule has 0 bridgehead atoms. The first-order valence-corrected chi connectivity index (χ1v) is 9.94. The van der Waals surface area contributed by atoms with E-state index in [9.17, 15) is 19.2 Å². The molecule has 150 valence electrons. The summed E-state index contributed by atoms with van der Waals surface area (Å²) < 4.78 is 5.06. The Balaban J connectivity index is 1.69. The van der Waals surface area contributed by atoms with Gasteiger partial charge >= 0.3 is 5.97 Å². The summed E-state index contributed by atoms with van der Waals surface area (Å²) in [6.45, 7) is 5.46. The van der Waals surface area contributed by atoms with Crippen molar-refractivity contribution in [1.29, 1.82) is 0 Å². The SMILES string of the molecule is CCCCN1C(=O)c2ccc(C(=O)N3CCC(C(=O)OCC)CC3)cc2C1=O. The quantitative estimate of drug-likeness (QED) is 0.554. The van der Waals surface area contributed by atoms with Crippen molar-refractivity contribution in [2.45, 2.75) is 39.5 Å². The minimum absolute atomic E-state index is 0.171. The fourth-order valence-electron chi connectivity index (χ4n) is 3.70. The maximum absolute atomic E-state index is 12.8. The number of unbranched alkanes of at least 4 members (excludes halogenated alkanes) is 1. The Hall–Kier alpha value is -2.70. The van der Waals surface area contributed by atoms with E-state index in [0.717, 1.165) is 12.8 Å². The Morgan fingerprint density at radius 3 is 2.39 bits per heavy atom. The molecule has 0 N–H and O–H groups in total. The van der Waals surface area contributed by atoms with Gasteiger partial charge in [0.1, 0.15) is 0 Å². The van der Waals surface area contributed by atoms with Crippen molar-refractivity contribution in [2.24, 2.45) is 5.92 Å². The topological polar surface area (TPSA) is 84.0 Å². The summed E-state index contributed by atoms with van der Waals surface area (Å²) in [5.41, 5.74) is 1.05. The summed E-state index contributed by atoms with van der Waals surface area (Å²) in [5.74, 6) is -1.18. The minimum Gasteiger partial charge on any atom is -0.466 e. The Kier molecular flexibility index (Phi) is 6.11. The molecular weight excluding hydrogens is 360 g/mol. The van der Waals surface area contributed by atoms with Gasteiger partial charge in [0.25, 0.3) is 17.7 Å². The van der Waals surface area contributed by atoms with Crippen LogP contribution in [0.1, 0.15) is 70.6 Å². The number of carbonyl (C=O) groups excluding carboxylic acids is 4. The van der Waals surface area contributed by atoms with Crippen LogP contribution in [-0.4, -0.2) is 59.7 Å². The number of rotatable bonds is 6. The van der Waals surface area contributed by atoms with E-state index in [1.54, 1.807) is 24.0 Å². The van der Waals surface area contributed by atoms with Gasteiger partial charge in [-0.25, -0.2) is 0 Å². The van der Waals surface area contributed by atoms with Gasteiger partial charge in [-0.3, -0.25) is 24.1 Å². The van der Waals surface area contributed by atoms with Crippen LogP contribution in [0, 0.1) is 5.92 Å². The standard InChI is InChI=1S/C21H26N2O5/c1-3-5-10-23-19(25)16-7-6-15(13-17(16)20(23)26)18(24)22-11-8-14(9-12-22)21(27)28-4-2/h6-7,13-14H,3-5,8-12H2,1-2H3. The zero-order chi connectivity index (χ0) is 20.3. The third-order valence-electron chi connectivity index (χ3n) is 5.36. The maximum atomic E-state index is 12.8. The number of benzene rings is 1. The highest BCUT2D eigenvalue weighted by atomic mass is 16.5.